The van der Waals surface area contributed by atoms with Crippen LogP contribution in [0.15, 0.2) is 56.6 Å². The number of primary sulfonamides is 1. The van der Waals surface area contributed by atoms with E-state index < -0.39 is 15.8 Å². The summed E-state index contributed by atoms with van der Waals surface area (Å²) >= 11 is 0. The first kappa shape index (κ1) is 17.5. The van der Waals surface area contributed by atoms with Crippen LogP contribution in [0.1, 0.15) is 12.5 Å². The Bertz CT molecular complexity index is 1230. The molecule has 2 aromatic carbocycles. The number of anilines is 1. The van der Waals surface area contributed by atoms with Gasteiger partial charge in [-0.05, 0) is 37.1 Å². The topological polar surface area (TPSA) is 116 Å². The zero-order valence-electron chi connectivity index (χ0n) is 14.5. The number of oxazole rings is 1. The first-order valence-electron chi connectivity index (χ1n) is 8.32. The van der Waals surface area contributed by atoms with Gasteiger partial charge in [-0.3, -0.25) is 9.36 Å². The number of sulfonamides is 1. The molecule has 1 amide bonds. The van der Waals surface area contributed by atoms with Crippen LogP contribution in [-0.4, -0.2) is 24.9 Å². The Morgan fingerprint density at radius 2 is 2.00 bits per heavy atom. The van der Waals surface area contributed by atoms with E-state index in [0.29, 0.717) is 5.52 Å². The third kappa shape index (κ3) is 2.94. The molecule has 0 radical (unpaired) electrons. The van der Waals surface area contributed by atoms with Crippen LogP contribution in [0.25, 0.3) is 11.1 Å². The van der Waals surface area contributed by atoms with E-state index in [1.165, 1.54) is 22.8 Å². The fourth-order valence-corrected chi connectivity index (χ4v) is 4.06. The highest BCUT2D eigenvalue weighted by atomic mass is 32.2. The van der Waals surface area contributed by atoms with Crippen LogP contribution in [0.3, 0.4) is 0 Å². The summed E-state index contributed by atoms with van der Waals surface area (Å²) in [6.45, 7) is 1.74. The molecule has 1 aliphatic heterocycles. The summed E-state index contributed by atoms with van der Waals surface area (Å²) in [4.78, 5) is 26.7. The smallest absolute Gasteiger partial charge is 0.408 e. The number of amides is 1. The van der Waals surface area contributed by atoms with E-state index in [2.05, 4.69) is 0 Å². The average molecular weight is 387 g/mol. The summed E-state index contributed by atoms with van der Waals surface area (Å²) in [7, 11) is -3.92. The number of aromatic nitrogens is 1. The molecule has 0 fully saturated rings. The zero-order chi connectivity index (χ0) is 19.3. The SMILES string of the molecule is CC1Cc2ccccc2N1C(=O)Cn1c(=O)oc2cc(S(N)(=O)=O)ccc21. The van der Waals surface area contributed by atoms with Crippen molar-refractivity contribution in [2.24, 2.45) is 5.14 Å². The minimum atomic E-state index is -3.92. The molecule has 1 unspecified atom stereocenters. The molecule has 0 saturated heterocycles. The van der Waals surface area contributed by atoms with E-state index in [9.17, 15) is 18.0 Å². The second kappa shape index (κ2) is 6.07. The van der Waals surface area contributed by atoms with Gasteiger partial charge in [-0.2, -0.15) is 0 Å². The van der Waals surface area contributed by atoms with Gasteiger partial charge in [0.1, 0.15) is 6.54 Å². The van der Waals surface area contributed by atoms with E-state index in [1.54, 1.807) is 4.90 Å². The molecule has 0 bridgehead atoms. The Kier molecular flexibility index (Phi) is 3.93. The number of hydrogen-bond donors (Lipinski definition) is 1. The average Bonchev–Trinajstić information content (AvgIpc) is 3.09. The van der Waals surface area contributed by atoms with Gasteiger partial charge in [0.15, 0.2) is 5.58 Å². The van der Waals surface area contributed by atoms with E-state index in [4.69, 9.17) is 9.56 Å². The summed E-state index contributed by atoms with van der Waals surface area (Å²) in [5.41, 5.74) is 2.32. The Hall–Kier alpha value is -2.91. The predicted molar refractivity (Wildman–Crippen MR) is 98.9 cm³/mol. The first-order valence-corrected chi connectivity index (χ1v) is 9.86. The minimum Gasteiger partial charge on any atom is -0.408 e. The van der Waals surface area contributed by atoms with Crippen molar-refractivity contribution < 1.29 is 17.6 Å². The molecule has 9 heteroatoms. The molecule has 2 heterocycles. The van der Waals surface area contributed by atoms with Crippen molar-refractivity contribution in [1.29, 1.82) is 0 Å². The second-order valence-corrected chi connectivity index (χ2v) is 8.14. The third-order valence-electron chi connectivity index (χ3n) is 4.74. The molecule has 8 nitrogen and oxygen atoms in total. The second-order valence-electron chi connectivity index (χ2n) is 6.57. The van der Waals surface area contributed by atoms with Crippen LogP contribution in [0.5, 0.6) is 0 Å². The number of carbonyl (C=O) groups is 1. The molecule has 1 aliphatic rings. The summed E-state index contributed by atoms with van der Waals surface area (Å²) in [6, 6.07) is 11.5. The van der Waals surface area contributed by atoms with E-state index >= 15 is 0 Å². The van der Waals surface area contributed by atoms with Gasteiger partial charge in [0.2, 0.25) is 15.9 Å². The fraction of sp³-hybridized carbons (Fsp3) is 0.222. The molecular formula is C18H17N3O5S. The molecule has 140 valence electrons. The Balaban J connectivity index is 1.71. The van der Waals surface area contributed by atoms with Crippen molar-refractivity contribution in [3.05, 3.63) is 58.6 Å². The predicted octanol–water partition coefficient (Wildman–Crippen LogP) is 1.22. The minimum absolute atomic E-state index is 0.0160. The number of nitrogens with zero attached hydrogens (tertiary/aromatic N) is 2. The van der Waals surface area contributed by atoms with Crippen LogP contribution in [0, 0.1) is 0 Å². The molecule has 1 atom stereocenters. The maximum absolute atomic E-state index is 12.9. The lowest BCUT2D eigenvalue weighted by Gasteiger charge is -2.22. The molecule has 0 spiro atoms. The standard InChI is InChI=1S/C18H17N3O5S/c1-11-8-12-4-2-3-5-14(12)21(11)17(22)10-20-15-7-6-13(27(19,24)25)9-16(15)26-18(20)23/h2-7,9,11H,8,10H2,1H3,(H2,19,24,25). The van der Waals surface area contributed by atoms with Crippen molar-refractivity contribution in [3.8, 4) is 0 Å². The van der Waals surface area contributed by atoms with Gasteiger partial charge in [0.05, 0.1) is 10.4 Å². The maximum Gasteiger partial charge on any atom is 0.420 e. The van der Waals surface area contributed by atoms with Gasteiger partial charge in [0.25, 0.3) is 0 Å². The molecule has 0 aliphatic carbocycles. The first-order chi connectivity index (χ1) is 12.8. The monoisotopic (exact) mass is 387 g/mol. The fourth-order valence-electron chi connectivity index (χ4n) is 3.53. The van der Waals surface area contributed by atoms with Gasteiger partial charge in [-0.1, -0.05) is 18.2 Å². The van der Waals surface area contributed by atoms with Gasteiger partial charge in [-0.15, -0.1) is 0 Å². The molecule has 1 aromatic heterocycles. The molecular weight excluding hydrogens is 370 g/mol. The Labute approximate surface area is 154 Å². The summed E-state index contributed by atoms with van der Waals surface area (Å²) in [5, 5.41) is 5.10. The highest BCUT2D eigenvalue weighted by Crippen LogP contribution is 2.32. The Morgan fingerprint density at radius 3 is 2.74 bits per heavy atom. The quantitative estimate of drug-likeness (QED) is 0.725. The maximum atomic E-state index is 12.9. The number of fused-ring (bicyclic) bond motifs is 2. The Morgan fingerprint density at radius 1 is 1.26 bits per heavy atom. The van der Waals surface area contributed by atoms with E-state index in [0.717, 1.165) is 17.7 Å². The van der Waals surface area contributed by atoms with Gasteiger partial charge in [0, 0.05) is 17.8 Å². The third-order valence-corrected chi connectivity index (χ3v) is 5.65. The van der Waals surface area contributed by atoms with Crippen molar-refractivity contribution >= 4 is 32.7 Å². The number of carbonyl (C=O) groups excluding carboxylic acids is 1. The molecule has 4 rings (SSSR count). The lowest BCUT2D eigenvalue weighted by Crippen LogP contribution is -2.39. The molecule has 27 heavy (non-hydrogen) atoms. The number of rotatable bonds is 3. The van der Waals surface area contributed by atoms with Crippen molar-refractivity contribution in [2.45, 2.75) is 30.8 Å². The highest BCUT2D eigenvalue weighted by molar-refractivity contribution is 7.89. The van der Waals surface area contributed by atoms with Crippen LogP contribution in [-0.2, 0) is 27.8 Å². The molecule has 2 N–H and O–H groups in total. The van der Waals surface area contributed by atoms with Crippen LogP contribution in [0.4, 0.5) is 5.69 Å². The van der Waals surface area contributed by atoms with Crippen LogP contribution in [0.2, 0.25) is 0 Å². The van der Waals surface area contributed by atoms with E-state index in [-0.39, 0.29) is 29.0 Å². The number of benzene rings is 2. The molecule has 3 aromatic rings. The molecule has 0 saturated carbocycles. The summed E-state index contributed by atoms with van der Waals surface area (Å²) in [5.74, 6) is -0.974. The van der Waals surface area contributed by atoms with Crippen molar-refractivity contribution in [1.82, 2.24) is 4.57 Å². The van der Waals surface area contributed by atoms with Crippen LogP contribution < -0.4 is 15.8 Å². The van der Waals surface area contributed by atoms with Gasteiger partial charge < -0.3 is 9.32 Å². The summed E-state index contributed by atoms with van der Waals surface area (Å²) in [6.07, 6.45) is 0.751. The number of hydrogen-bond acceptors (Lipinski definition) is 5. The zero-order valence-corrected chi connectivity index (χ0v) is 15.3. The highest BCUT2D eigenvalue weighted by Gasteiger charge is 2.31. The normalized spacial score (nSPS) is 16.7. The van der Waals surface area contributed by atoms with Gasteiger partial charge >= 0.3 is 5.76 Å². The summed E-state index contributed by atoms with van der Waals surface area (Å²) < 4.78 is 29.2. The van der Waals surface area contributed by atoms with E-state index in [1.807, 2.05) is 31.2 Å². The largest absolute Gasteiger partial charge is 0.420 e. The lowest BCUT2D eigenvalue weighted by atomic mass is 10.1. The van der Waals surface area contributed by atoms with Crippen molar-refractivity contribution in [2.75, 3.05) is 4.90 Å². The number of para-hydroxylation sites is 1. The van der Waals surface area contributed by atoms with Crippen LogP contribution >= 0.6 is 0 Å². The lowest BCUT2D eigenvalue weighted by molar-refractivity contribution is -0.119. The number of nitrogens with two attached hydrogens (primary N) is 1. The van der Waals surface area contributed by atoms with Crippen molar-refractivity contribution in [3.63, 3.8) is 0 Å². The van der Waals surface area contributed by atoms with Gasteiger partial charge in [-0.25, -0.2) is 18.4 Å².